The second kappa shape index (κ2) is 7.33. The minimum atomic E-state index is -0.870. The van der Waals surface area contributed by atoms with Crippen molar-refractivity contribution < 1.29 is 14.7 Å². The molecule has 1 aliphatic rings. The molecule has 0 bridgehead atoms. The maximum Gasteiger partial charge on any atom is 0.317 e. The van der Waals surface area contributed by atoms with Gasteiger partial charge in [-0.1, -0.05) is 6.92 Å². The van der Waals surface area contributed by atoms with Crippen LogP contribution >= 0.6 is 0 Å². The molecule has 0 aromatic heterocycles. The third-order valence-corrected chi connectivity index (χ3v) is 3.63. The highest BCUT2D eigenvalue weighted by Crippen LogP contribution is 2.09. The van der Waals surface area contributed by atoms with E-state index >= 15 is 0 Å². The van der Waals surface area contributed by atoms with Crippen LogP contribution in [0.5, 0.6) is 0 Å². The summed E-state index contributed by atoms with van der Waals surface area (Å²) >= 11 is 0. The van der Waals surface area contributed by atoms with Gasteiger partial charge in [-0.05, 0) is 39.9 Å². The lowest BCUT2D eigenvalue weighted by molar-refractivity contribution is -0.141. The van der Waals surface area contributed by atoms with E-state index in [2.05, 4.69) is 17.3 Å². The number of rotatable bonds is 5. The number of nitrogens with zero attached hydrogens (tertiary/aromatic N) is 2. The molecule has 0 spiro atoms. The van der Waals surface area contributed by atoms with Gasteiger partial charge in [0.25, 0.3) is 0 Å². The monoisotopic (exact) mass is 271 g/mol. The van der Waals surface area contributed by atoms with Crippen LogP contribution in [0, 0.1) is 5.92 Å². The lowest BCUT2D eigenvalue weighted by Gasteiger charge is -2.32. The van der Waals surface area contributed by atoms with Crippen molar-refractivity contribution in [1.82, 2.24) is 15.1 Å². The van der Waals surface area contributed by atoms with E-state index in [9.17, 15) is 9.59 Å². The summed E-state index contributed by atoms with van der Waals surface area (Å²) in [6.45, 7) is 6.24. The van der Waals surface area contributed by atoms with Crippen LogP contribution < -0.4 is 5.32 Å². The van der Waals surface area contributed by atoms with Gasteiger partial charge in [0.1, 0.15) is 0 Å². The molecule has 0 radical (unpaired) electrons. The Morgan fingerprint density at radius 3 is 2.47 bits per heavy atom. The van der Waals surface area contributed by atoms with E-state index < -0.39 is 11.9 Å². The molecule has 0 saturated carbocycles. The van der Waals surface area contributed by atoms with E-state index in [-0.39, 0.29) is 18.6 Å². The fraction of sp³-hybridized carbons (Fsp3) is 0.846. The van der Waals surface area contributed by atoms with Crippen LogP contribution in [0.4, 0.5) is 4.79 Å². The maximum atomic E-state index is 12.1. The molecule has 110 valence electrons. The van der Waals surface area contributed by atoms with E-state index in [4.69, 9.17) is 5.11 Å². The number of aliphatic carboxylic acids is 1. The fourth-order valence-corrected chi connectivity index (χ4v) is 2.18. The lowest BCUT2D eigenvalue weighted by atomic mass is 10.1. The van der Waals surface area contributed by atoms with Gasteiger partial charge in [-0.2, -0.15) is 0 Å². The smallest absolute Gasteiger partial charge is 0.317 e. The standard InChI is InChI=1S/C13H25N3O3/c1-4-16(9-10(2)12(17)18)13(19)14-11-5-7-15(3)8-6-11/h10-11H,4-9H2,1-3H3,(H,14,19)(H,17,18). The van der Waals surface area contributed by atoms with E-state index in [0.29, 0.717) is 6.54 Å². The molecule has 2 amide bonds. The molecule has 0 aliphatic carbocycles. The van der Waals surface area contributed by atoms with Crippen LogP contribution in [-0.4, -0.2) is 66.2 Å². The van der Waals surface area contributed by atoms with E-state index in [0.717, 1.165) is 25.9 Å². The number of amides is 2. The van der Waals surface area contributed by atoms with Crippen LogP contribution in [0.2, 0.25) is 0 Å². The zero-order valence-electron chi connectivity index (χ0n) is 12.1. The molecule has 1 fully saturated rings. The Morgan fingerprint density at radius 2 is 2.00 bits per heavy atom. The van der Waals surface area contributed by atoms with Crippen molar-refractivity contribution in [2.75, 3.05) is 33.2 Å². The Morgan fingerprint density at radius 1 is 1.42 bits per heavy atom. The van der Waals surface area contributed by atoms with Gasteiger partial charge >= 0.3 is 12.0 Å². The number of carbonyl (C=O) groups excluding carboxylic acids is 1. The average Bonchev–Trinajstić information content (AvgIpc) is 2.38. The van der Waals surface area contributed by atoms with Gasteiger partial charge in [-0.15, -0.1) is 0 Å². The molecular weight excluding hydrogens is 246 g/mol. The molecule has 1 unspecified atom stereocenters. The van der Waals surface area contributed by atoms with Gasteiger partial charge in [0.05, 0.1) is 5.92 Å². The first kappa shape index (κ1) is 15.8. The van der Waals surface area contributed by atoms with Crippen molar-refractivity contribution in [3.05, 3.63) is 0 Å². The number of hydrogen-bond donors (Lipinski definition) is 2. The number of carboxylic acid groups (broad SMARTS) is 1. The van der Waals surface area contributed by atoms with Gasteiger partial charge in [-0.3, -0.25) is 4.79 Å². The van der Waals surface area contributed by atoms with Gasteiger partial charge < -0.3 is 20.2 Å². The third kappa shape index (κ3) is 5.06. The summed E-state index contributed by atoms with van der Waals surface area (Å²) < 4.78 is 0. The van der Waals surface area contributed by atoms with Crippen LogP contribution in [0.1, 0.15) is 26.7 Å². The molecule has 1 heterocycles. The van der Waals surface area contributed by atoms with Crippen molar-refractivity contribution in [3.63, 3.8) is 0 Å². The third-order valence-electron chi connectivity index (χ3n) is 3.63. The quantitative estimate of drug-likeness (QED) is 0.777. The molecule has 6 nitrogen and oxygen atoms in total. The minimum Gasteiger partial charge on any atom is -0.481 e. The second-order valence-corrected chi connectivity index (χ2v) is 5.30. The zero-order valence-corrected chi connectivity index (χ0v) is 12.1. The van der Waals surface area contributed by atoms with Gasteiger partial charge in [-0.25, -0.2) is 4.79 Å². The molecule has 1 rings (SSSR count). The summed E-state index contributed by atoms with van der Waals surface area (Å²) in [5.74, 6) is -1.41. The number of piperidine rings is 1. The predicted molar refractivity (Wildman–Crippen MR) is 73.1 cm³/mol. The molecule has 2 N–H and O–H groups in total. The number of nitrogens with one attached hydrogen (secondary N) is 1. The van der Waals surface area contributed by atoms with E-state index in [1.165, 1.54) is 0 Å². The number of carboxylic acids is 1. The highest BCUT2D eigenvalue weighted by atomic mass is 16.4. The Labute approximate surface area is 114 Å². The first-order valence-corrected chi connectivity index (χ1v) is 6.90. The van der Waals surface area contributed by atoms with E-state index in [1.807, 2.05) is 6.92 Å². The molecular formula is C13H25N3O3. The number of carbonyl (C=O) groups is 2. The van der Waals surface area contributed by atoms with Crippen LogP contribution in [-0.2, 0) is 4.79 Å². The van der Waals surface area contributed by atoms with Crippen LogP contribution in [0.3, 0.4) is 0 Å². The number of likely N-dealkylation sites (tertiary alicyclic amines) is 1. The first-order valence-electron chi connectivity index (χ1n) is 6.90. The fourth-order valence-electron chi connectivity index (χ4n) is 2.18. The number of hydrogen-bond acceptors (Lipinski definition) is 3. The van der Waals surface area contributed by atoms with Crippen molar-refractivity contribution in [1.29, 1.82) is 0 Å². The Balaban J connectivity index is 2.43. The maximum absolute atomic E-state index is 12.1. The van der Waals surface area contributed by atoms with Crippen molar-refractivity contribution in [3.8, 4) is 0 Å². The van der Waals surface area contributed by atoms with Gasteiger partial charge in [0.15, 0.2) is 0 Å². The largest absolute Gasteiger partial charge is 0.481 e. The SMILES string of the molecule is CCN(CC(C)C(=O)O)C(=O)NC1CCN(C)CC1. The molecule has 0 aromatic carbocycles. The number of urea groups is 1. The van der Waals surface area contributed by atoms with Crippen LogP contribution in [0.25, 0.3) is 0 Å². The molecule has 1 aliphatic heterocycles. The summed E-state index contributed by atoms with van der Waals surface area (Å²) in [5.41, 5.74) is 0. The first-order chi connectivity index (χ1) is 8.93. The van der Waals surface area contributed by atoms with Crippen molar-refractivity contribution in [2.45, 2.75) is 32.7 Å². The van der Waals surface area contributed by atoms with Crippen molar-refractivity contribution >= 4 is 12.0 Å². The van der Waals surface area contributed by atoms with Gasteiger partial charge in [0.2, 0.25) is 0 Å². The molecule has 19 heavy (non-hydrogen) atoms. The Kier molecular flexibility index (Phi) is 6.08. The Hall–Kier alpha value is -1.30. The lowest BCUT2D eigenvalue weighted by Crippen LogP contribution is -2.49. The molecule has 1 saturated heterocycles. The molecule has 0 aromatic rings. The summed E-state index contributed by atoms with van der Waals surface area (Å²) in [7, 11) is 2.07. The topological polar surface area (TPSA) is 72.9 Å². The minimum absolute atomic E-state index is 0.148. The average molecular weight is 271 g/mol. The highest BCUT2D eigenvalue weighted by molar-refractivity contribution is 5.76. The zero-order chi connectivity index (χ0) is 14.4. The summed E-state index contributed by atoms with van der Waals surface area (Å²) in [6.07, 6.45) is 1.91. The van der Waals surface area contributed by atoms with Crippen molar-refractivity contribution in [2.24, 2.45) is 5.92 Å². The molecule has 6 heteroatoms. The van der Waals surface area contributed by atoms with E-state index in [1.54, 1.807) is 11.8 Å². The summed E-state index contributed by atoms with van der Waals surface area (Å²) in [4.78, 5) is 26.7. The predicted octanol–water partition coefficient (Wildman–Crippen LogP) is 0.833. The second-order valence-electron chi connectivity index (χ2n) is 5.30. The summed E-state index contributed by atoms with van der Waals surface area (Å²) in [6, 6.07) is 0.0584. The highest BCUT2D eigenvalue weighted by Gasteiger charge is 2.23. The summed E-state index contributed by atoms with van der Waals surface area (Å²) in [5, 5.41) is 11.9. The Bertz CT molecular complexity index is 314. The normalized spacial score (nSPS) is 18.9. The van der Waals surface area contributed by atoms with Crippen LogP contribution in [0.15, 0.2) is 0 Å². The van der Waals surface area contributed by atoms with Gasteiger partial charge in [0, 0.05) is 19.1 Å². The molecule has 1 atom stereocenters.